The molecule has 4 nitrogen and oxygen atoms in total. The predicted molar refractivity (Wildman–Crippen MR) is 59.6 cm³/mol. The Morgan fingerprint density at radius 3 is 2.56 bits per heavy atom. The van der Waals surface area contributed by atoms with Gasteiger partial charge in [-0.3, -0.25) is 9.59 Å². The molecule has 1 N–H and O–H groups in total. The maximum atomic E-state index is 11.7. The highest BCUT2D eigenvalue weighted by Gasteiger charge is 2.38. The second-order valence-electron chi connectivity index (χ2n) is 3.25. The van der Waals surface area contributed by atoms with Crippen molar-refractivity contribution in [1.82, 2.24) is 0 Å². The molecule has 0 aliphatic carbocycles. The molecule has 0 aromatic heterocycles. The van der Waals surface area contributed by atoms with Gasteiger partial charge in [-0.1, -0.05) is 13.5 Å². The van der Waals surface area contributed by atoms with Crippen LogP contribution in [0.25, 0.3) is 0 Å². The molecule has 16 heavy (non-hydrogen) atoms. The van der Waals surface area contributed by atoms with Gasteiger partial charge < -0.3 is 9.84 Å². The third-order valence-electron chi connectivity index (χ3n) is 2.22. The lowest BCUT2D eigenvalue weighted by atomic mass is 9.81. The maximum Gasteiger partial charge on any atom is 0.321 e. The summed E-state index contributed by atoms with van der Waals surface area (Å²) in [6.07, 6.45) is 4.04. The second-order valence-corrected chi connectivity index (χ2v) is 3.25. The topological polar surface area (TPSA) is 63.6 Å². The largest absolute Gasteiger partial charge is 0.481 e. The van der Waals surface area contributed by atoms with Crippen LogP contribution in [0, 0.1) is 5.41 Å². The van der Waals surface area contributed by atoms with Gasteiger partial charge in [-0.15, -0.1) is 5.73 Å². The van der Waals surface area contributed by atoms with Crippen molar-refractivity contribution in [3.63, 3.8) is 0 Å². The number of carbonyl (C=O) groups excluding carboxylic acids is 1. The van der Waals surface area contributed by atoms with E-state index in [9.17, 15) is 9.59 Å². The quantitative estimate of drug-likeness (QED) is 0.427. The Morgan fingerprint density at radius 2 is 2.19 bits per heavy atom. The van der Waals surface area contributed by atoms with E-state index in [2.05, 4.69) is 17.0 Å². The molecule has 0 aromatic rings. The minimum atomic E-state index is -1.17. The second kappa shape index (κ2) is 6.64. The molecular formula is C12H16O4. The average molecular weight is 224 g/mol. The Balaban J connectivity index is 5.25. The van der Waals surface area contributed by atoms with Gasteiger partial charge in [0.15, 0.2) is 0 Å². The van der Waals surface area contributed by atoms with Crippen molar-refractivity contribution in [3.8, 4) is 0 Å². The number of carbonyl (C=O) groups is 2. The van der Waals surface area contributed by atoms with Crippen molar-refractivity contribution in [2.24, 2.45) is 5.41 Å². The van der Waals surface area contributed by atoms with E-state index in [0.717, 1.165) is 6.26 Å². The number of aliphatic carboxylic acids is 1. The van der Waals surface area contributed by atoms with Gasteiger partial charge >= 0.3 is 11.9 Å². The van der Waals surface area contributed by atoms with Crippen molar-refractivity contribution in [3.05, 3.63) is 30.7 Å². The zero-order valence-corrected chi connectivity index (χ0v) is 9.53. The van der Waals surface area contributed by atoms with E-state index >= 15 is 0 Å². The number of carboxylic acid groups (broad SMARTS) is 1. The van der Waals surface area contributed by atoms with Crippen molar-refractivity contribution < 1.29 is 19.4 Å². The zero-order chi connectivity index (χ0) is 12.6. The van der Waals surface area contributed by atoms with Crippen LogP contribution in [-0.4, -0.2) is 17.0 Å². The van der Waals surface area contributed by atoms with Gasteiger partial charge in [-0.25, -0.2) is 0 Å². The molecule has 0 spiro atoms. The molecule has 1 unspecified atom stereocenters. The Hall–Kier alpha value is -1.80. The van der Waals surface area contributed by atoms with Crippen LogP contribution in [-0.2, 0) is 14.3 Å². The van der Waals surface area contributed by atoms with Gasteiger partial charge in [-0.05, 0) is 25.5 Å². The van der Waals surface area contributed by atoms with Crippen LogP contribution in [0.4, 0.5) is 0 Å². The van der Waals surface area contributed by atoms with Crippen molar-refractivity contribution in [2.75, 3.05) is 0 Å². The number of ether oxygens (including phenoxy) is 1. The summed E-state index contributed by atoms with van der Waals surface area (Å²) >= 11 is 0. The maximum absolute atomic E-state index is 11.7. The van der Waals surface area contributed by atoms with Gasteiger partial charge in [-0.2, -0.15) is 0 Å². The molecule has 0 saturated heterocycles. The van der Waals surface area contributed by atoms with Crippen LogP contribution in [0.3, 0.4) is 0 Å². The van der Waals surface area contributed by atoms with Crippen molar-refractivity contribution >= 4 is 11.9 Å². The van der Waals surface area contributed by atoms with Crippen LogP contribution in [0.1, 0.15) is 26.7 Å². The van der Waals surface area contributed by atoms with Crippen LogP contribution in [0.2, 0.25) is 0 Å². The van der Waals surface area contributed by atoms with E-state index in [0.29, 0.717) is 6.42 Å². The molecule has 1 atom stereocenters. The van der Waals surface area contributed by atoms with Gasteiger partial charge in [0.05, 0.1) is 12.7 Å². The smallest absolute Gasteiger partial charge is 0.321 e. The summed E-state index contributed by atoms with van der Waals surface area (Å²) < 4.78 is 4.67. The van der Waals surface area contributed by atoms with E-state index < -0.39 is 17.4 Å². The van der Waals surface area contributed by atoms with Crippen molar-refractivity contribution in [2.45, 2.75) is 26.7 Å². The third-order valence-corrected chi connectivity index (χ3v) is 2.22. The van der Waals surface area contributed by atoms with Gasteiger partial charge in [0.25, 0.3) is 0 Å². The van der Waals surface area contributed by atoms with E-state index in [-0.39, 0.29) is 6.42 Å². The van der Waals surface area contributed by atoms with E-state index in [1.165, 1.54) is 6.08 Å². The number of esters is 1. The lowest BCUT2D eigenvalue weighted by Gasteiger charge is -2.23. The minimum Gasteiger partial charge on any atom is -0.481 e. The Kier molecular flexibility index (Phi) is 5.89. The summed E-state index contributed by atoms with van der Waals surface area (Å²) in [5.74, 6) is -1.68. The molecule has 0 aromatic carbocycles. The molecule has 0 aliphatic rings. The van der Waals surface area contributed by atoms with Crippen LogP contribution >= 0.6 is 0 Å². The first kappa shape index (κ1) is 14.2. The molecule has 0 heterocycles. The standard InChI is InChI=1S/C12H16O4/c1-4-7-8-12(5-2,9-10(13)14)11(15)16-6-3/h4,6,8H,3,5,9H2,1-2H3,(H,13,14). The van der Waals surface area contributed by atoms with E-state index in [4.69, 9.17) is 5.11 Å². The summed E-state index contributed by atoms with van der Waals surface area (Å²) in [5.41, 5.74) is 1.56. The molecule has 0 radical (unpaired) electrons. The lowest BCUT2D eigenvalue weighted by Crippen LogP contribution is -2.32. The van der Waals surface area contributed by atoms with Gasteiger partial charge in [0.1, 0.15) is 5.41 Å². The lowest BCUT2D eigenvalue weighted by molar-refractivity contribution is -0.153. The molecule has 0 saturated carbocycles. The summed E-state index contributed by atoms with van der Waals surface area (Å²) in [5, 5.41) is 8.81. The first-order chi connectivity index (χ1) is 7.52. The fraction of sp³-hybridized carbons (Fsp3) is 0.417. The summed E-state index contributed by atoms with van der Waals surface area (Å²) in [4.78, 5) is 22.4. The highest BCUT2D eigenvalue weighted by Crippen LogP contribution is 2.30. The molecule has 0 amide bonds. The van der Waals surface area contributed by atoms with Crippen molar-refractivity contribution in [1.29, 1.82) is 0 Å². The predicted octanol–water partition coefficient (Wildman–Crippen LogP) is 2.28. The van der Waals surface area contributed by atoms with E-state index in [1.807, 2.05) is 0 Å². The Bertz CT molecular complexity index is 337. The summed E-state index contributed by atoms with van der Waals surface area (Å²) in [6, 6.07) is 0. The number of hydrogen-bond acceptors (Lipinski definition) is 3. The molecule has 0 fully saturated rings. The first-order valence-electron chi connectivity index (χ1n) is 4.94. The normalized spacial score (nSPS) is 12.9. The minimum absolute atomic E-state index is 0.322. The third kappa shape index (κ3) is 3.75. The Morgan fingerprint density at radius 1 is 1.56 bits per heavy atom. The van der Waals surface area contributed by atoms with Crippen LogP contribution < -0.4 is 0 Å². The molecule has 88 valence electrons. The van der Waals surface area contributed by atoms with E-state index in [1.54, 1.807) is 19.9 Å². The molecule has 0 aliphatic heterocycles. The highest BCUT2D eigenvalue weighted by atomic mass is 16.5. The molecule has 0 rings (SSSR count). The average Bonchev–Trinajstić information content (AvgIpc) is 2.24. The van der Waals surface area contributed by atoms with Crippen LogP contribution in [0.15, 0.2) is 30.7 Å². The number of hydrogen-bond donors (Lipinski definition) is 1. The van der Waals surface area contributed by atoms with Gasteiger partial charge in [0, 0.05) is 0 Å². The molecular weight excluding hydrogens is 208 g/mol. The molecule has 0 bridgehead atoms. The highest BCUT2D eigenvalue weighted by molar-refractivity contribution is 5.85. The molecule has 4 heteroatoms. The number of rotatable bonds is 6. The summed E-state index contributed by atoms with van der Waals surface area (Å²) in [7, 11) is 0. The fourth-order valence-corrected chi connectivity index (χ4v) is 1.26. The van der Waals surface area contributed by atoms with Gasteiger partial charge in [0.2, 0.25) is 0 Å². The first-order valence-corrected chi connectivity index (χ1v) is 4.94. The zero-order valence-electron chi connectivity index (χ0n) is 9.53. The van der Waals surface area contributed by atoms with Crippen LogP contribution in [0.5, 0.6) is 0 Å². The Labute approximate surface area is 94.9 Å². The summed E-state index contributed by atoms with van der Waals surface area (Å²) in [6.45, 7) is 6.73. The fourth-order valence-electron chi connectivity index (χ4n) is 1.26. The monoisotopic (exact) mass is 224 g/mol. The SMILES string of the molecule is C=COC(=O)C(C=C=CC)(CC)CC(=O)O. The number of carboxylic acids is 1.